The Morgan fingerprint density at radius 2 is 1.29 bits per heavy atom. The van der Waals surface area contributed by atoms with E-state index in [-0.39, 0.29) is 25.2 Å². The van der Waals surface area contributed by atoms with E-state index in [1.807, 2.05) is 0 Å². The van der Waals surface area contributed by atoms with Crippen LogP contribution in [0.1, 0.15) is 46.5 Å². The van der Waals surface area contributed by atoms with Crippen molar-refractivity contribution >= 4 is 35.6 Å². The lowest BCUT2D eigenvalue weighted by molar-refractivity contribution is -0.143. The minimum Gasteiger partial charge on any atom is -0.481 e. The van der Waals surface area contributed by atoms with Gasteiger partial charge in [-0.05, 0) is 25.7 Å². The summed E-state index contributed by atoms with van der Waals surface area (Å²) in [4.78, 5) is 69.9. The molecule has 9 N–H and O–H groups in total. The molecule has 176 valence electrons. The summed E-state index contributed by atoms with van der Waals surface area (Å²) in [6, 6.07) is -4.81. The molecule has 0 radical (unpaired) electrons. The molecule has 0 aromatic carbocycles. The third kappa shape index (κ3) is 10.9. The second kappa shape index (κ2) is 13.2. The fourth-order valence-electron chi connectivity index (χ4n) is 2.33. The van der Waals surface area contributed by atoms with Crippen LogP contribution < -0.4 is 27.4 Å². The molecule has 0 spiro atoms. The third-order valence-corrected chi connectivity index (χ3v) is 4.35. The van der Waals surface area contributed by atoms with Gasteiger partial charge in [-0.2, -0.15) is 0 Å². The molecule has 0 aliphatic carbocycles. The molecule has 0 bridgehead atoms. The molecule has 31 heavy (non-hydrogen) atoms. The predicted molar refractivity (Wildman–Crippen MR) is 107 cm³/mol. The van der Waals surface area contributed by atoms with Crippen molar-refractivity contribution in [1.29, 1.82) is 0 Å². The number of nitrogens with one attached hydrogen (secondary N) is 3. The summed E-state index contributed by atoms with van der Waals surface area (Å²) in [5, 5.41) is 24.9. The van der Waals surface area contributed by atoms with Crippen LogP contribution in [0.15, 0.2) is 0 Å². The first-order valence-electron chi connectivity index (χ1n) is 9.65. The number of hydrogen-bond donors (Lipinski definition) is 7. The van der Waals surface area contributed by atoms with Crippen LogP contribution in [0.3, 0.4) is 0 Å². The molecule has 0 aliphatic rings. The Balaban J connectivity index is 5.22. The maximum Gasteiger partial charge on any atom is 0.326 e. The molecular weight excluding hydrogens is 414 g/mol. The van der Waals surface area contributed by atoms with E-state index in [2.05, 4.69) is 16.0 Å². The molecule has 0 aromatic rings. The normalized spacial score (nSPS) is 14.6. The molecule has 0 heterocycles. The van der Waals surface area contributed by atoms with Gasteiger partial charge in [0.05, 0.1) is 6.04 Å². The van der Waals surface area contributed by atoms with E-state index in [9.17, 15) is 33.9 Å². The van der Waals surface area contributed by atoms with Crippen LogP contribution in [-0.4, -0.2) is 69.9 Å². The standard InChI is InChI=1S/C18H31N5O8/c1-8(2)14(20)17(29)21-9(3)15(27)22-10(5-7-13(25)26)16(28)23-11(18(30)31)4-6-12(19)24/h8-11,14H,4-7,20H2,1-3H3,(H2,19,24)(H,21,29)(H,22,27)(H,23,28)(H,25,26)(H,30,31). The number of nitrogens with two attached hydrogens (primary N) is 2. The Hall–Kier alpha value is -3.22. The molecule has 13 nitrogen and oxygen atoms in total. The van der Waals surface area contributed by atoms with Gasteiger partial charge >= 0.3 is 11.9 Å². The molecule has 4 atom stereocenters. The van der Waals surface area contributed by atoms with Gasteiger partial charge < -0.3 is 37.6 Å². The van der Waals surface area contributed by atoms with Crippen molar-refractivity contribution in [2.45, 2.75) is 70.6 Å². The number of rotatable bonds is 14. The van der Waals surface area contributed by atoms with Gasteiger partial charge in [-0.15, -0.1) is 0 Å². The maximum absolute atomic E-state index is 12.5. The second-order valence-electron chi connectivity index (χ2n) is 7.40. The molecule has 13 heteroatoms. The van der Waals surface area contributed by atoms with Gasteiger partial charge in [0.2, 0.25) is 23.6 Å². The van der Waals surface area contributed by atoms with Gasteiger partial charge in [0.15, 0.2) is 0 Å². The lowest BCUT2D eigenvalue weighted by Gasteiger charge is -2.24. The number of amides is 4. The fraction of sp³-hybridized carbons (Fsp3) is 0.667. The van der Waals surface area contributed by atoms with E-state index in [1.165, 1.54) is 6.92 Å². The van der Waals surface area contributed by atoms with Crippen LogP contribution in [0.4, 0.5) is 0 Å². The minimum absolute atomic E-state index is 0.183. The highest BCUT2D eigenvalue weighted by Crippen LogP contribution is 2.04. The van der Waals surface area contributed by atoms with Crippen LogP contribution in [0.5, 0.6) is 0 Å². The number of carboxylic acids is 2. The average Bonchev–Trinajstić information content (AvgIpc) is 2.66. The summed E-state index contributed by atoms with van der Waals surface area (Å²) in [5.41, 5.74) is 10.7. The van der Waals surface area contributed by atoms with E-state index < -0.39 is 66.2 Å². The lowest BCUT2D eigenvalue weighted by Crippen LogP contribution is -2.56. The van der Waals surface area contributed by atoms with Gasteiger partial charge in [0.25, 0.3) is 0 Å². The zero-order chi connectivity index (χ0) is 24.3. The predicted octanol–water partition coefficient (Wildman–Crippen LogP) is -2.34. The number of carbonyl (C=O) groups excluding carboxylic acids is 4. The van der Waals surface area contributed by atoms with E-state index >= 15 is 0 Å². The van der Waals surface area contributed by atoms with Crippen molar-refractivity contribution in [3.05, 3.63) is 0 Å². The van der Waals surface area contributed by atoms with E-state index in [0.29, 0.717) is 0 Å². The Bertz CT molecular complexity index is 696. The second-order valence-corrected chi connectivity index (χ2v) is 7.40. The number of aliphatic carboxylic acids is 2. The summed E-state index contributed by atoms with van der Waals surface area (Å²) in [5.74, 6) is -5.94. The quantitative estimate of drug-likeness (QED) is 0.151. The molecule has 0 saturated heterocycles. The molecule has 4 unspecified atom stereocenters. The summed E-state index contributed by atoms with van der Waals surface area (Å²) in [6.45, 7) is 4.79. The van der Waals surface area contributed by atoms with E-state index in [4.69, 9.17) is 16.6 Å². The summed E-state index contributed by atoms with van der Waals surface area (Å²) >= 11 is 0. The molecule has 0 saturated carbocycles. The Morgan fingerprint density at radius 1 is 0.774 bits per heavy atom. The van der Waals surface area contributed by atoms with Gasteiger partial charge in [-0.1, -0.05) is 13.8 Å². The van der Waals surface area contributed by atoms with Gasteiger partial charge in [-0.3, -0.25) is 24.0 Å². The summed E-state index contributed by atoms with van der Waals surface area (Å²) in [7, 11) is 0. The van der Waals surface area contributed by atoms with Gasteiger partial charge in [0.1, 0.15) is 18.1 Å². The number of carboxylic acid groups (broad SMARTS) is 2. The summed E-state index contributed by atoms with van der Waals surface area (Å²) < 4.78 is 0. The largest absolute Gasteiger partial charge is 0.481 e. The zero-order valence-corrected chi connectivity index (χ0v) is 17.7. The average molecular weight is 445 g/mol. The molecule has 0 fully saturated rings. The number of hydrogen-bond acceptors (Lipinski definition) is 7. The fourth-order valence-corrected chi connectivity index (χ4v) is 2.33. The third-order valence-electron chi connectivity index (χ3n) is 4.35. The highest BCUT2D eigenvalue weighted by Gasteiger charge is 2.29. The van der Waals surface area contributed by atoms with Crippen molar-refractivity contribution in [3.63, 3.8) is 0 Å². The number of primary amides is 1. The van der Waals surface area contributed by atoms with Crippen molar-refractivity contribution < 1.29 is 39.0 Å². The van der Waals surface area contributed by atoms with Gasteiger partial charge in [-0.25, -0.2) is 4.79 Å². The van der Waals surface area contributed by atoms with E-state index in [1.54, 1.807) is 13.8 Å². The Labute approximate surface area is 179 Å². The van der Waals surface area contributed by atoms with E-state index in [0.717, 1.165) is 0 Å². The summed E-state index contributed by atoms with van der Waals surface area (Å²) in [6.07, 6.45) is -1.41. The highest BCUT2D eigenvalue weighted by atomic mass is 16.4. The highest BCUT2D eigenvalue weighted by molar-refractivity contribution is 5.94. The van der Waals surface area contributed by atoms with Crippen molar-refractivity contribution in [2.75, 3.05) is 0 Å². The molecule has 0 aliphatic heterocycles. The van der Waals surface area contributed by atoms with Crippen LogP contribution in [0.2, 0.25) is 0 Å². The first-order valence-corrected chi connectivity index (χ1v) is 9.65. The maximum atomic E-state index is 12.5. The molecule has 4 amide bonds. The Morgan fingerprint density at radius 3 is 1.74 bits per heavy atom. The van der Waals surface area contributed by atoms with Crippen molar-refractivity contribution in [2.24, 2.45) is 17.4 Å². The SMILES string of the molecule is CC(NC(=O)C(N)C(C)C)C(=O)NC(CCC(=O)O)C(=O)NC(CCC(N)=O)C(=O)O. The van der Waals surface area contributed by atoms with Crippen molar-refractivity contribution in [1.82, 2.24) is 16.0 Å². The first kappa shape index (κ1) is 27.8. The Kier molecular flexibility index (Phi) is 11.8. The zero-order valence-electron chi connectivity index (χ0n) is 17.7. The molecule has 0 rings (SSSR count). The van der Waals surface area contributed by atoms with Crippen LogP contribution in [-0.2, 0) is 28.8 Å². The smallest absolute Gasteiger partial charge is 0.326 e. The van der Waals surface area contributed by atoms with Crippen LogP contribution >= 0.6 is 0 Å². The first-order chi connectivity index (χ1) is 14.3. The number of carbonyl (C=O) groups is 6. The molecule has 0 aromatic heterocycles. The monoisotopic (exact) mass is 445 g/mol. The van der Waals surface area contributed by atoms with Crippen LogP contribution in [0, 0.1) is 5.92 Å². The molecular formula is C18H31N5O8. The minimum atomic E-state index is -1.47. The van der Waals surface area contributed by atoms with Gasteiger partial charge in [0, 0.05) is 12.8 Å². The topological polar surface area (TPSA) is 231 Å². The van der Waals surface area contributed by atoms with Crippen LogP contribution in [0.25, 0.3) is 0 Å². The van der Waals surface area contributed by atoms with Crippen molar-refractivity contribution in [3.8, 4) is 0 Å². The lowest BCUT2D eigenvalue weighted by atomic mass is 10.0.